The van der Waals surface area contributed by atoms with Gasteiger partial charge in [-0.2, -0.15) is 4.98 Å². The van der Waals surface area contributed by atoms with Crippen molar-refractivity contribution in [3.05, 3.63) is 47.6 Å². The van der Waals surface area contributed by atoms with Crippen LogP contribution in [0.25, 0.3) is 0 Å². The Morgan fingerprint density at radius 2 is 2.04 bits per heavy atom. The van der Waals surface area contributed by atoms with Gasteiger partial charge in [0.2, 0.25) is 5.89 Å². The van der Waals surface area contributed by atoms with Gasteiger partial charge in [-0.05, 0) is 56.7 Å². The van der Waals surface area contributed by atoms with Crippen LogP contribution < -0.4 is 0 Å². The number of nitrogens with zero attached hydrogens (tertiary/aromatic N) is 3. The molecule has 1 atom stereocenters. The highest BCUT2D eigenvalue weighted by Gasteiger charge is 2.30. The Hall–Kier alpha value is -1.68. The molecule has 0 amide bonds. The zero-order chi connectivity index (χ0) is 16.8. The van der Waals surface area contributed by atoms with Crippen molar-refractivity contribution < 1.29 is 4.52 Å². The molecule has 0 unspecified atom stereocenters. The summed E-state index contributed by atoms with van der Waals surface area (Å²) in [4.78, 5) is 7.20. The van der Waals surface area contributed by atoms with Crippen LogP contribution in [-0.4, -0.2) is 28.1 Å². The van der Waals surface area contributed by atoms with Gasteiger partial charge in [0, 0.05) is 6.42 Å². The smallest absolute Gasteiger partial charge is 0.243 e. The van der Waals surface area contributed by atoms with Gasteiger partial charge in [0.05, 0.1) is 6.04 Å². The molecule has 1 aromatic carbocycles. The van der Waals surface area contributed by atoms with Crippen LogP contribution in [0.15, 0.2) is 34.9 Å². The zero-order valence-electron chi connectivity index (χ0n) is 14.9. The van der Waals surface area contributed by atoms with Crippen molar-refractivity contribution in [3.63, 3.8) is 0 Å². The summed E-state index contributed by atoms with van der Waals surface area (Å²) in [6.45, 7) is 6.85. The fourth-order valence-electron chi connectivity index (χ4n) is 3.40. The van der Waals surface area contributed by atoms with Gasteiger partial charge in [-0.25, -0.2) is 0 Å². The van der Waals surface area contributed by atoms with Crippen molar-refractivity contribution in [1.82, 2.24) is 15.0 Å². The summed E-state index contributed by atoms with van der Waals surface area (Å²) in [7, 11) is 0. The van der Waals surface area contributed by atoms with Crippen molar-refractivity contribution in [2.45, 2.75) is 58.4 Å². The molecule has 3 rings (SSSR count). The van der Waals surface area contributed by atoms with Gasteiger partial charge in [-0.1, -0.05) is 49.3 Å². The number of benzene rings is 1. The molecule has 0 N–H and O–H groups in total. The zero-order valence-corrected chi connectivity index (χ0v) is 14.9. The number of hydrogen-bond donors (Lipinski definition) is 0. The number of hydrogen-bond acceptors (Lipinski definition) is 4. The molecule has 2 heterocycles. The van der Waals surface area contributed by atoms with Crippen LogP contribution in [0.4, 0.5) is 0 Å². The summed E-state index contributed by atoms with van der Waals surface area (Å²) in [5, 5.41) is 4.21. The summed E-state index contributed by atoms with van der Waals surface area (Å²) in [5.74, 6) is 2.42. The molecule has 1 aromatic heterocycles. The van der Waals surface area contributed by atoms with E-state index < -0.39 is 0 Å². The standard InChI is InChI=1S/C20H29N3O/c1-16(2)13-15-23-14-7-11-18(23)20-21-19(22-24-20)12-6-10-17-8-4-3-5-9-17/h3-5,8-9,16,18H,6-7,10-15H2,1-2H3/t18-/m0/s1. The van der Waals surface area contributed by atoms with Crippen molar-refractivity contribution in [1.29, 1.82) is 0 Å². The third kappa shape index (κ3) is 4.67. The second-order valence-corrected chi connectivity index (χ2v) is 7.26. The molecule has 4 nitrogen and oxygen atoms in total. The lowest BCUT2D eigenvalue weighted by Gasteiger charge is -2.22. The first-order chi connectivity index (χ1) is 11.7. The Balaban J connectivity index is 1.51. The molecule has 0 spiro atoms. The molecule has 1 aliphatic heterocycles. The Labute approximate surface area is 145 Å². The predicted molar refractivity (Wildman–Crippen MR) is 95.8 cm³/mol. The molecule has 2 aromatic rings. The molecule has 4 heteroatoms. The highest BCUT2D eigenvalue weighted by atomic mass is 16.5. The Kier molecular flexibility index (Phi) is 6.02. The van der Waals surface area contributed by atoms with E-state index in [0.717, 1.165) is 56.4 Å². The van der Waals surface area contributed by atoms with Gasteiger partial charge < -0.3 is 4.52 Å². The fraction of sp³-hybridized carbons (Fsp3) is 0.600. The van der Waals surface area contributed by atoms with Crippen molar-refractivity contribution >= 4 is 0 Å². The predicted octanol–water partition coefficient (Wildman–Crippen LogP) is 4.43. The third-order valence-electron chi connectivity index (χ3n) is 4.83. The van der Waals surface area contributed by atoms with Crippen molar-refractivity contribution in [2.24, 2.45) is 5.92 Å². The Morgan fingerprint density at radius 1 is 1.21 bits per heavy atom. The molecule has 1 aliphatic rings. The summed E-state index contributed by atoms with van der Waals surface area (Å²) >= 11 is 0. The minimum absolute atomic E-state index is 0.333. The topological polar surface area (TPSA) is 42.2 Å². The lowest BCUT2D eigenvalue weighted by molar-refractivity contribution is 0.199. The Bertz CT molecular complexity index is 608. The summed E-state index contributed by atoms with van der Waals surface area (Å²) in [5.41, 5.74) is 1.37. The quantitative estimate of drug-likeness (QED) is 0.719. The highest BCUT2D eigenvalue weighted by molar-refractivity contribution is 5.14. The molecule has 0 saturated carbocycles. The second-order valence-electron chi connectivity index (χ2n) is 7.26. The number of likely N-dealkylation sites (tertiary alicyclic amines) is 1. The third-order valence-corrected chi connectivity index (χ3v) is 4.83. The van der Waals surface area contributed by atoms with Gasteiger partial charge in [-0.15, -0.1) is 0 Å². The van der Waals surface area contributed by atoms with Gasteiger partial charge in [0.25, 0.3) is 0 Å². The SMILES string of the molecule is CC(C)CCN1CCC[C@H]1c1nc(CCCc2ccccc2)no1. The van der Waals surface area contributed by atoms with E-state index in [0.29, 0.717) is 6.04 Å². The van der Waals surface area contributed by atoms with Crippen LogP contribution in [0.5, 0.6) is 0 Å². The highest BCUT2D eigenvalue weighted by Crippen LogP contribution is 2.31. The summed E-state index contributed by atoms with van der Waals surface area (Å²) < 4.78 is 5.59. The first-order valence-electron chi connectivity index (χ1n) is 9.33. The molecule has 1 saturated heterocycles. The molecular weight excluding hydrogens is 298 g/mol. The van der Waals surface area contributed by atoms with Crippen LogP contribution in [0.3, 0.4) is 0 Å². The molecule has 0 bridgehead atoms. The second kappa shape index (κ2) is 8.43. The van der Waals surface area contributed by atoms with E-state index in [4.69, 9.17) is 4.52 Å². The van der Waals surface area contributed by atoms with Crippen molar-refractivity contribution in [3.8, 4) is 0 Å². The van der Waals surface area contributed by atoms with E-state index in [1.807, 2.05) is 0 Å². The average molecular weight is 327 g/mol. The average Bonchev–Trinajstić information content (AvgIpc) is 3.22. The van der Waals surface area contributed by atoms with Gasteiger partial charge in [0.15, 0.2) is 5.82 Å². The number of aryl methyl sites for hydroxylation is 2. The normalized spacial score (nSPS) is 18.5. The lowest BCUT2D eigenvalue weighted by atomic mass is 10.1. The minimum Gasteiger partial charge on any atom is -0.338 e. The fourth-order valence-corrected chi connectivity index (χ4v) is 3.40. The van der Waals surface area contributed by atoms with E-state index >= 15 is 0 Å². The molecule has 0 radical (unpaired) electrons. The van der Waals surface area contributed by atoms with Gasteiger partial charge in [0.1, 0.15) is 0 Å². The monoisotopic (exact) mass is 327 g/mol. The van der Waals surface area contributed by atoms with E-state index in [9.17, 15) is 0 Å². The van der Waals surface area contributed by atoms with Crippen LogP contribution in [0, 0.1) is 5.92 Å². The largest absolute Gasteiger partial charge is 0.338 e. The first kappa shape index (κ1) is 17.2. The van der Waals surface area contributed by atoms with E-state index in [-0.39, 0.29) is 0 Å². The maximum atomic E-state index is 5.59. The molecule has 0 aliphatic carbocycles. The van der Waals surface area contributed by atoms with E-state index in [2.05, 4.69) is 59.2 Å². The van der Waals surface area contributed by atoms with E-state index in [1.165, 1.54) is 18.4 Å². The van der Waals surface area contributed by atoms with Crippen molar-refractivity contribution in [2.75, 3.05) is 13.1 Å². The van der Waals surface area contributed by atoms with E-state index in [1.54, 1.807) is 0 Å². The lowest BCUT2D eigenvalue weighted by Crippen LogP contribution is -2.25. The summed E-state index contributed by atoms with van der Waals surface area (Å²) in [6, 6.07) is 10.9. The maximum absolute atomic E-state index is 5.59. The van der Waals surface area contributed by atoms with Crippen LogP contribution in [-0.2, 0) is 12.8 Å². The van der Waals surface area contributed by atoms with Gasteiger partial charge >= 0.3 is 0 Å². The molecule has 1 fully saturated rings. The Morgan fingerprint density at radius 3 is 2.83 bits per heavy atom. The number of aromatic nitrogens is 2. The number of rotatable bonds is 8. The maximum Gasteiger partial charge on any atom is 0.243 e. The summed E-state index contributed by atoms with van der Waals surface area (Å²) in [6.07, 6.45) is 6.61. The molecular formula is C20H29N3O. The van der Waals surface area contributed by atoms with Gasteiger partial charge in [-0.3, -0.25) is 4.90 Å². The first-order valence-corrected chi connectivity index (χ1v) is 9.33. The molecule has 24 heavy (non-hydrogen) atoms. The van der Waals surface area contributed by atoms with Crippen LogP contribution in [0.1, 0.15) is 62.9 Å². The minimum atomic E-state index is 0.333. The van der Waals surface area contributed by atoms with Crippen LogP contribution >= 0.6 is 0 Å². The molecule has 130 valence electrons. The van der Waals surface area contributed by atoms with Crippen LogP contribution in [0.2, 0.25) is 0 Å².